The molecule has 2 N–H and O–H groups in total. The van der Waals surface area contributed by atoms with Crippen molar-refractivity contribution < 1.29 is 27.3 Å². The fourth-order valence-corrected chi connectivity index (χ4v) is 2.71. The molecule has 146 valence electrons. The monoisotopic (exact) mass is 462 g/mol. The Balaban J connectivity index is 1.78. The normalized spacial score (nSPS) is 10.9. The van der Waals surface area contributed by atoms with Crippen molar-refractivity contribution in [1.82, 2.24) is 20.0 Å². The first-order valence-electron chi connectivity index (χ1n) is 7.23. The number of carbonyl (C=O) groups excluding carboxylic acids is 1. The molecule has 0 radical (unpaired) electrons. The average Bonchev–Trinajstić information content (AvgIpc) is 3.23. The van der Waals surface area contributed by atoms with Crippen molar-refractivity contribution in [1.29, 1.82) is 0 Å². The van der Waals surface area contributed by atoms with Gasteiger partial charge in [0.05, 0.1) is 18.4 Å². The van der Waals surface area contributed by atoms with Crippen LogP contribution in [0.1, 0.15) is 16.1 Å². The lowest BCUT2D eigenvalue weighted by atomic mass is 10.2. The van der Waals surface area contributed by atoms with Crippen LogP contribution in [0.2, 0.25) is 0 Å². The van der Waals surface area contributed by atoms with E-state index in [1.807, 2.05) is 0 Å². The number of amides is 1. The molecule has 0 fully saturated rings. The predicted octanol–water partition coefficient (Wildman–Crippen LogP) is 3.13. The fraction of sp³-hybridized carbons (Fsp3) is 0.0714. The van der Waals surface area contributed by atoms with Gasteiger partial charge in [-0.2, -0.15) is 5.10 Å². The minimum Gasteiger partial charge on any atom is -0.358 e. The number of benzene rings is 1. The molecule has 2 aromatic heterocycles. The highest BCUT2D eigenvalue weighted by Gasteiger charge is 2.25. The highest BCUT2D eigenvalue weighted by molar-refractivity contribution is 9.10. The van der Waals surface area contributed by atoms with Gasteiger partial charge in [0.25, 0.3) is 5.91 Å². The standard InChI is InChI=1S/C14H7BrF4N6O3/c15-9-12(22-23-13(9)25(27)28)14(26)21-5-2-20-24(3-5)4-6-7(16)1-8(17)11(19)10(6)18/h1-3H,4H2,(H,21,26)(H,22,23). The number of hydrogen-bond donors (Lipinski definition) is 2. The molecular formula is C14H7BrF4N6O3. The second-order valence-electron chi connectivity index (χ2n) is 5.32. The SMILES string of the molecule is O=C(Nc1cnn(Cc2c(F)cc(F)c(F)c2F)c1)c1n[nH]c([N+](=O)[O-])c1Br. The summed E-state index contributed by atoms with van der Waals surface area (Å²) in [6.45, 7) is -0.581. The molecule has 14 heteroatoms. The van der Waals surface area contributed by atoms with Gasteiger partial charge >= 0.3 is 5.82 Å². The van der Waals surface area contributed by atoms with Gasteiger partial charge in [-0.15, -0.1) is 5.10 Å². The number of hydrogen-bond acceptors (Lipinski definition) is 5. The Morgan fingerprint density at radius 3 is 2.64 bits per heavy atom. The van der Waals surface area contributed by atoms with Crippen LogP contribution in [0.15, 0.2) is 22.9 Å². The number of nitrogens with zero attached hydrogens (tertiary/aromatic N) is 4. The first-order chi connectivity index (χ1) is 13.2. The van der Waals surface area contributed by atoms with Crippen molar-refractivity contribution in [2.24, 2.45) is 0 Å². The van der Waals surface area contributed by atoms with Crippen LogP contribution in [0.3, 0.4) is 0 Å². The minimum atomic E-state index is -1.82. The molecule has 0 saturated carbocycles. The fourth-order valence-electron chi connectivity index (χ4n) is 2.21. The van der Waals surface area contributed by atoms with Crippen LogP contribution in [0, 0.1) is 33.4 Å². The van der Waals surface area contributed by atoms with E-state index in [0.29, 0.717) is 0 Å². The molecule has 0 aliphatic carbocycles. The molecule has 0 spiro atoms. The highest BCUT2D eigenvalue weighted by Crippen LogP contribution is 2.26. The molecule has 0 unspecified atom stereocenters. The minimum absolute atomic E-state index is 0.0611. The van der Waals surface area contributed by atoms with E-state index in [-0.39, 0.29) is 21.9 Å². The van der Waals surface area contributed by atoms with E-state index in [1.165, 1.54) is 0 Å². The maximum absolute atomic E-state index is 13.7. The number of nitrogens with one attached hydrogen (secondary N) is 2. The summed E-state index contributed by atoms with van der Waals surface area (Å²) < 4.78 is 54.5. The summed E-state index contributed by atoms with van der Waals surface area (Å²) in [4.78, 5) is 22.1. The van der Waals surface area contributed by atoms with Gasteiger partial charge in [0.15, 0.2) is 23.1 Å². The van der Waals surface area contributed by atoms with E-state index in [1.54, 1.807) is 0 Å². The average molecular weight is 463 g/mol. The van der Waals surface area contributed by atoms with Crippen LogP contribution in [0.25, 0.3) is 0 Å². The number of nitro groups is 1. The van der Waals surface area contributed by atoms with E-state index in [9.17, 15) is 32.5 Å². The van der Waals surface area contributed by atoms with Crippen molar-refractivity contribution in [3.8, 4) is 0 Å². The Morgan fingerprint density at radius 2 is 2.00 bits per heavy atom. The lowest BCUT2D eigenvalue weighted by molar-refractivity contribution is -0.390. The van der Waals surface area contributed by atoms with Gasteiger partial charge in [-0.05, 0) is 20.9 Å². The van der Waals surface area contributed by atoms with Gasteiger partial charge in [0, 0.05) is 17.8 Å². The van der Waals surface area contributed by atoms with E-state index >= 15 is 0 Å². The van der Waals surface area contributed by atoms with Gasteiger partial charge in [0.1, 0.15) is 10.3 Å². The Morgan fingerprint density at radius 1 is 1.29 bits per heavy atom. The zero-order valence-corrected chi connectivity index (χ0v) is 14.9. The van der Waals surface area contributed by atoms with E-state index < -0.39 is 52.0 Å². The first-order valence-corrected chi connectivity index (χ1v) is 8.02. The predicted molar refractivity (Wildman–Crippen MR) is 88.5 cm³/mol. The zero-order valence-electron chi connectivity index (χ0n) is 13.3. The number of rotatable bonds is 5. The third-order valence-corrected chi connectivity index (χ3v) is 4.26. The summed E-state index contributed by atoms with van der Waals surface area (Å²) in [6.07, 6.45) is 2.27. The molecule has 0 atom stereocenters. The molecule has 0 aliphatic heterocycles. The summed E-state index contributed by atoms with van der Waals surface area (Å²) in [6, 6.07) is 0.210. The summed E-state index contributed by atoms with van der Waals surface area (Å²) in [5, 5.41) is 22.4. The Kier molecular flexibility index (Phi) is 5.13. The topological polar surface area (TPSA) is 119 Å². The summed E-state index contributed by atoms with van der Waals surface area (Å²) >= 11 is 2.88. The first kappa shape index (κ1) is 19.5. The molecule has 3 aromatic rings. The summed E-state index contributed by atoms with van der Waals surface area (Å²) in [5.41, 5.74) is -1.01. The Bertz CT molecular complexity index is 1100. The molecule has 0 aliphatic rings. The summed E-state index contributed by atoms with van der Waals surface area (Å²) in [7, 11) is 0. The van der Waals surface area contributed by atoms with Crippen molar-refractivity contribution in [2.75, 3.05) is 5.32 Å². The number of carbonyl (C=O) groups is 1. The van der Waals surface area contributed by atoms with Gasteiger partial charge < -0.3 is 15.4 Å². The second-order valence-corrected chi connectivity index (χ2v) is 6.11. The van der Waals surface area contributed by atoms with E-state index in [2.05, 4.69) is 36.5 Å². The van der Waals surface area contributed by atoms with Crippen molar-refractivity contribution in [2.45, 2.75) is 6.54 Å². The largest absolute Gasteiger partial charge is 0.358 e. The molecule has 0 saturated heterocycles. The molecule has 28 heavy (non-hydrogen) atoms. The third kappa shape index (κ3) is 3.58. The van der Waals surface area contributed by atoms with Crippen molar-refractivity contribution in [3.63, 3.8) is 0 Å². The van der Waals surface area contributed by atoms with E-state index in [4.69, 9.17) is 0 Å². The quantitative estimate of drug-likeness (QED) is 0.198. The van der Waals surface area contributed by atoms with Crippen molar-refractivity contribution >= 4 is 33.3 Å². The van der Waals surface area contributed by atoms with Crippen molar-refractivity contribution in [3.05, 3.63) is 67.6 Å². The molecule has 9 nitrogen and oxygen atoms in total. The Labute approximate surface area is 160 Å². The van der Waals surface area contributed by atoms with Gasteiger partial charge in [-0.3, -0.25) is 9.48 Å². The lowest BCUT2D eigenvalue weighted by Crippen LogP contribution is -2.13. The lowest BCUT2D eigenvalue weighted by Gasteiger charge is -2.06. The number of anilines is 1. The molecule has 0 bridgehead atoms. The van der Waals surface area contributed by atoms with Crippen LogP contribution in [0.4, 0.5) is 29.1 Å². The molecule has 1 aromatic carbocycles. The van der Waals surface area contributed by atoms with Crippen LogP contribution >= 0.6 is 15.9 Å². The summed E-state index contributed by atoms with van der Waals surface area (Å²) in [5.74, 6) is -7.82. The Hall–Kier alpha value is -3.29. The zero-order chi connectivity index (χ0) is 20.6. The maximum atomic E-state index is 13.7. The third-order valence-electron chi connectivity index (χ3n) is 3.51. The molecular weight excluding hydrogens is 456 g/mol. The number of H-pyrrole nitrogens is 1. The van der Waals surface area contributed by atoms with Gasteiger partial charge in [-0.1, -0.05) is 5.10 Å². The number of aromatic amines is 1. The number of aromatic nitrogens is 4. The molecule has 3 rings (SSSR count). The smallest absolute Gasteiger partial charge is 0.357 e. The van der Waals surface area contributed by atoms with Gasteiger partial charge in [-0.25, -0.2) is 17.6 Å². The van der Waals surface area contributed by atoms with Crippen LogP contribution < -0.4 is 5.32 Å². The van der Waals surface area contributed by atoms with Crippen LogP contribution in [0.5, 0.6) is 0 Å². The number of halogens is 5. The second kappa shape index (κ2) is 7.38. The highest BCUT2D eigenvalue weighted by atomic mass is 79.9. The van der Waals surface area contributed by atoms with Gasteiger partial charge in [0.2, 0.25) is 0 Å². The van der Waals surface area contributed by atoms with E-state index in [0.717, 1.165) is 17.1 Å². The van der Waals surface area contributed by atoms with Crippen LogP contribution in [-0.2, 0) is 6.54 Å². The molecule has 1 amide bonds. The molecule has 2 heterocycles. The maximum Gasteiger partial charge on any atom is 0.357 e. The van der Waals surface area contributed by atoms with Crippen LogP contribution in [-0.4, -0.2) is 30.8 Å².